The summed E-state index contributed by atoms with van der Waals surface area (Å²) in [4.78, 5) is 49.2. The average Bonchev–Trinajstić information content (AvgIpc) is 3.13. The van der Waals surface area contributed by atoms with E-state index in [-0.39, 0.29) is 5.78 Å². The average molecular weight is 430 g/mol. The Balaban J connectivity index is 1.39. The predicted octanol–water partition coefficient (Wildman–Crippen LogP) is 3.01. The van der Waals surface area contributed by atoms with Crippen molar-refractivity contribution < 1.29 is 23.5 Å². The van der Waals surface area contributed by atoms with Crippen LogP contribution in [0.25, 0.3) is 11.1 Å². The highest BCUT2D eigenvalue weighted by Crippen LogP contribution is 2.19. The monoisotopic (exact) mass is 430 g/mol. The topological polar surface area (TPSA) is 108 Å². The second-order valence-corrected chi connectivity index (χ2v) is 6.87. The molecule has 4 rings (SSSR count). The second kappa shape index (κ2) is 9.13. The lowest BCUT2D eigenvalue weighted by Gasteiger charge is -2.11. The number of carbonyl (C=O) groups excluding carboxylic acids is 3. The van der Waals surface area contributed by atoms with Gasteiger partial charge in [0.15, 0.2) is 18.0 Å². The van der Waals surface area contributed by atoms with Crippen LogP contribution in [0.5, 0.6) is 0 Å². The number of nitrogens with zero attached hydrogens (tertiary/aromatic N) is 1. The molecule has 0 radical (unpaired) electrons. The van der Waals surface area contributed by atoms with Gasteiger partial charge in [0.25, 0.3) is 5.91 Å². The minimum atomic E-state index is -0.776. The molecule has 0 bridgehead atoms. The predicted molar refractivity (Wildman–Crippen MR) is 116 cm³/mol. The van der Waals surface area contributed by atoms with Crippen molar-refractivity contribution in [1.82, 2.24) is 4.57 Å². The van der Waals surface area contributed by atoms with Crippen molar-refractivity contribution in [2.75, 3.05) is 11.9 Å². The number of oxazole rings is 1. The highest BCUT2D eigenvalue weighted by Gasteiger charge is 2.17. The fourth-order valence-corrected chi connectivity index (χ4v) is 3.21. The fraction of sp³-hybridized carbons (Fsp3) is 0.0833. The van der Waals surface area contributed by atoms with Crippen LogP contribution in [0.3, 0.4) is 0 Å². The summed E-state index contributed by atoms with van der Waals surface area (Å²) in [5, 5.41) is 2.59. The molecule has 0 saturated carbocycles. The molecule has 8 nitrogen and oxygen atoms in total. The lowest BCUT2D eigenvalue weighted by molar-refractivity contribution is -0.147. The van der Waals surface area contributed by atoms with Gasteiger partial charge in [-0.2, -0.15) is 0 Å². The first kappa shape index (κ1) is 20.8. The van der Waals surface area contributed by atoms with Crippen LogP contribution in [0, 0.1) is 0 Å². The standard InChI is InChI=1S/C24H18N2O6/c27-21(15-31-22(28)14-26-19-12-6-7-13-20(19)32-24(26)30)25-18-11-5-4-10-17(18)23(29)16-8-2-1-3-9-16/h1-13H,14-15H2,(H,25,27). The van der Waals surface area contributed by atoms with E-state index in [0.717, 1.165) is 4.57 Å². The summed E-state index contributed by atoms with van der Waals surface area (Å²) < 4.78 is 11.2. The summed E-state index contributed by atoms with van der Waals surface area (Å²) in [6.07, 6.45) is 0. The maximum absolute atomic E-state index is 12.8. The van der Waals surface area contributed by atoms with Gasteiger partial charge in [-0.25, -0.2) is 4.79 Å². The van der Waals surface area contributed by atoms with Crippen LogP contribution >= 0.6 is 0 Å². The Hall–Kier alpha value is -4.46. The summed E-state index contributed by atoms with van der Waals surface area (Å²) in [5.41, 5.74) is 1.91. The maximum Gasteiger partial charge on any atom is 0.420 e. The number of para-hydroxylation sites is 3. The van der Waals surface area contributed by atoms with Crippen molar-refractivity contribution in [1.29, 1.82) is 0 Å². The number of esters is 1. The Morgan fingerprint density at radius 2 is 1.56 bits per heavy atom. The molecule has 0 atom stereocenters. The zero-order valence-corrected chi connectivity index (χ0v) is 16.8. The van der Waals surface area contributed by atoms with Gasteiger partial charge in [0.2, 0.25) is 0 Å². The number of carbonyl (C=O) groups is 3. The minimum Gasteiger partial charge on any atom is -0.454 e. The van der Waals surface area contributed by atoms with Gasteiger partial charge in [-0.15, -0.1) is 0 Å². The maximum atomic E-state index is 12.8. The Morgan fingerprint density at radius 1 is 0.875 bits per heavy atom. The number of ether oxygens (including phenoxy) is 1. The van der Waals surface area contributed by atoms with Crippen molar-refractivity contribution in [3.63, 3.8) is 0 Å². The zero-order chi connectivity index (χ0) is 22.5. The SMILES string of the molecule is O=C(COC(=O)Cn1c(=O)oc2ccccc21)Nc1ccccc1C(=O)c1ccccc1. The molecular weight excluding hydrogens is 412 g/mol. The first-order chi connectivity index (χ1) is 15.5. The summed E-state index contributed by atoms with van der Waals surface area (Å²) in [6.45, 7) is -0.969. The second-order valence-electron chi connectivity index (χ2n) is 6.87. The molecule has 0 aliphatic rings. The number of amides is 1. The molecule has 4 aromatic rings. The first-order valence-electron chi connectivity index (χ1n) is 9.75. The molecule has 0 fully saturated rings. The zero-order valence-electron chi connectivity index (χ0n) is 16.8. The summed E-state index contributed by atoms with van der Waals surface area (Å²) >= 11 is 0. The third-order valence-corrected chi connectivity index (χ3v) is 4.71. The van der Waals surface area contributed by atoms with Crippen molar-refractivity contribution in [3.05, 3.63) is 101 Å². The summed E-state index contributed by atoms with van der Waals surface area (Å²) in [5.74, 6) is -2.33. The Bertz CT molecular complexity index is 1350. The molecule has 1 N–H and O–H groups in total. The number of hydrogen-bond donors (Lipinski definition) is 1. The van der Waals surface area contributed by atoms with Gasteiger partial charge in [0.05, 0.1) is 11.2 Å². The van der Waals surface area contributed by atoms with E-state index in [2.05, 4.69) is 5.32 Å². The third kappa shape index (κ3) is 4.49. The quantitative estimate of drug-likeness (QED) is 0.357. The van der Waals surface area contributed by atoms with Gasteiger partial charge in [-0.1, -0.05) is 54.6 Å². The number of fused-ring (bicyclic) bond motifs is 1. The molecular formula is C24H18N2O6. The van der Waals surface area contributed by atoms with Gasteiger partial charge in [-0.05, 0) is 24.3 Å². The molecule has 0 spiro atoms. The molecule has 0 unspecified atom stereocenters. The molecule has 1 amide bonds. The van der Waals surface area contributed by atoms with Gasteiger partial charge < -0.3 is 14.5 Å². The van der Waals surface area contributed by atoms with Crippen LogP contribution in [-0.4, -0.2) is 28.8 Å². The smallest absolute Gasteiger partial charge is 0.420 e. The first-order valence-corrected chi connectivity index (χ1v) is 9.75. The van der Waals surface area contributed by atoms with E-state index in [4.69, 9.17) is 9.15 Å². The van der Waals surface area contributed by atoms with Gasteiger partial charge in [-0.3, -0.25) is 19.0 Å². The number of anilines is 1. The fourth-order valence-electron chi connectivity index (χ4n) is 3.21. The van der Waals surface area contributed by atoms with E-state index in [1.807, 2.05) is 0 Å². The number of nitrogens with one attached hydrogen (secondary N) is 1. The van der Waals surface area contributed by atoms with E-state index in [9.17, 15) is 19.2 Å². The number of rotatable bonds is 7. The van der Waals surface area contributed by atoms with E-state index in [1.54, 1.807) is 78.9 Å². The van der Waals surface area contributed by atoms with E-state index < -0.39 is 30.8 Å². The summed E-state index contributed by atoms with van der Waals surface area (Å²) in [7, 11) is 0. The molecule has 1 aromatic heterocycles. The molecule has 0 saturated heterocycles. The van der Waals surface area contributed by atoms with E-state index in [1.165, 1.54) is 0 Å². The number of aromatic nitrogens is 1. The molecule has 0 aliphatic carbocycles. The van der Waals surface area contributed by atoms with E-state index in [0.29, 0.717) is 27.9 Å². The molecule has 8 heteroatoms. The van der Waals surface area contributed by atoms with Crippen LogP contribution in [0.15, 0.2) is 88.1 Å². The third-order valence-electron chi connectivity index (χ3n) is 4.71. The van der Waals surface area contributed by atoms with Gasteiger partial charge in [0, 0.05) is 11.1 Å². The molecule has 0 aliphatic heterocycles. The van der Waals surface area contributed by atoms with Crippen molar-refractivity contribution in [3.8, 4) is 0 Å². The lowest BCUT2D eigenvalue weighted by Crippen LogP contribution is -2.26. The van der Waals surface area contributed by atoms with Crippen LogP contribution in [0.4, 0.5) is 5.69 Å². The summed E-state index contributed by atoms with van der Waals surface area (Å²) in [6, 6.07) is 21.9. The van der Waals surface area contributed by atoms with Crippen LogP contribution < -0.4 is 11.1 Å². The van der Waals surface area contributed by atoms with Gasteiger partial charge in [0.1, 0.15) is 6.54 Å². The van der Waals surface area contributed by atoms with Crippen LogP contribution in [0.1, 0.15) is 15.9 Å². The molecule has 3 aromatic carbocycles. The lowest BCUT2D eigenvalue weighted by atomic mass is 10.0. The van der Waals surface area contributed by atoms with Crippen LogP contribution in [-0.2, 0) is 20.9 Å². The highest BCUT2D eigenvalue weighted by molar-refractivity contribution is 6.13. The normalized spacial score (nSPS) is 10.6. The molecule has 32 heavy (non-hydrogen) atoms. The van der Waals surface area contributed by atoms with Crippen LogP contribution in [0.2, 0.25) is 0 Å². The number of benzene rings is 3. The minimum absolute atomic E-state index is 0.246. The Morgan fingerprint density at radius 3 is 2.38 bits per heavy atom. The van der Waals surface area contributed by atoms with Gasteiger partial charge >= 0.3 is 11.7 Å². The Kier molecular flexibility index (Phi) is 5.94. The van der Waals surface area contributed by atoms with Crippen molar-refractivity contribution >= 4 is 34.4 Å². The number of hydrogen-bond acceptors (Lipinski definition) is 6. The Labute approximate surface area is 182 Å². The molecule has 1 heterocycles. The molecule has 160 valence electrons. The van der Waals surface area contributed by atoms with Crippen molar-refractivity contribution in [2.45, 2.75) is 6.54 Å². The highest BCUT2D eigenvalue weighted by atomic mass is 16.5. The number of ketones is 1. The van der Waals surface area contributed by atoms with E-state index >= 15 is 0 Å². The largest absolute Gasteiger partial charge is 0.454 e. The van der Waals surface area contributed by atoms with Crippen molar-refractivity contribution in [2.24, 2.45) is 0 Å².